The number of nitrogen functional groups attached to an aromatic ring is 1. The number of amides is 1. The number of methoxy groups -OCH3 is 1. The molecule has 0 aliphatic carbocycles. The van der Waals surface area contributed by atoms with E-state index in [0.29, 0.717) is 11.2 Å². The van der Waals surface area contributed by atoms with Crippen LogP contribution in [0.3, 0.4) is 0 Å². The molecule has 0 aliphatic heterocycles. The van der Waals surface area contributed by atoms with Crippen molar-refractivity contribution in [1.29, 1.82) is 0 Å². The molecule has 0 fully saturated rings. The average molecular weight is 314 g/mol. The first-order valence-corrected chi connectivity index (χ1v) is 6.72. The largest absolute Gasteiger partial charge is 0.453 e. The molecule has 1 amide bonds. The fraction of sp³-hybridized carbons (Fsp3) is 0.143. The molecule has 0 radical (unpaired) electrons. The van der Waals surface area contributed by atoms with Crippen molar-refractivity contribution in [3.63, 3.8) is 0 Å². The minimum absolute atomic E-state index is 0.0963. The molecule has 0 saturated carbocycles. The van der Waals surface area contributed by atoms with E-state index in [1.54, 1.807) is 12.3 Å². The van der Waals surface area contributed by atoms with Gasteiger partial charge in [0.2, 0.25) is 0 Å². The smallest absolute Gasteiger partial charge is 0.412 e. The molecule has 0 atom stereocenters. The summed E-state index contributed by atoms with van der Waals surface area (Å²) in [5, 5.41) is 11.1. The Kier molecular flexibility index (Phi) is 3.67. The van der Waals surface area contributed by atoms with E-state index >= 15 is 0 Å². The van der Waals surface area contributed by atoms with Crippen molar-refractivity contribution in [1.82, 2.24) is 19.6 Å². The van der Waals surface area contributed by atoms with Gasteiger partial charge in [-0.1, -0.05) is 12.1 Å². The number of nitrogens with one attached hydrogen (secondary N) is 1. The van der Waals surface area contributed by atoms with E-state index < -0.39 is 6.09 Å². The highest BCUT2D eigenvalue weighted by molar-refractivity contribution is 5.98. The summed E-state index contributed by atoms with van der Waals surface area (Å²) in [5.74, 6) is -0.0559. The molecule has 9 heteroatoms. The Morgan fingerprint density at radius 2 is 2.17 bits per heavy atom. The highest BCUT2D eigenvalue weighted by Crippen LogP contribution is 2.22. The SMILES string of the molecule is COC(=O)Nc1cnn(CC(=O)n2ccc3cccc(N)c32)n1. The Bertz CT molecular complexity index is 882. The maximum absolute atomic E-state index is 12.4. The Balaban J connectivity index is 1.80. The van der Waals surface area contributed by atoms with E-state index in [1.807, 2.05) is 18.2 Å². The first-order valence-electron chi connectivity index (χ1n) is 6.72. The molecule has 3 rings (SSSR count). The van der Waals surface area contributed by atoms with Crippen molar-refractivity contribution in [3.05, 3.63) is 36.7 Å². The van der Waals surface area contributed by atoms with Gasteiger partial charge in [-0.2, -0.15) is 9.90 Å². The Hall–Kier alpha value is -3.36. The third-order valence-corrected chi connectivity index (χ3v) is 3.24. The van der Waals surface area contributed by atoms with Crippen LogP contribution >= 0.6 is 0 Å². The number of hydrogen-bond donors (Lipinski definition) is 2. The van der Waals surface area contributed by atoms with Gasteiger partial charge < -0.3 is 10.5 Å². The number of aromatic nitrogens is 4. The Labute approximate surface area is 130 Å². The minimum Gasteiger partial charge on any atom is -0.453 e. The van der Waals surface area contributed by atoms with Crippen LogP contribution in [0.5, 0.6) is 0 Å². The van der Waals surface area contributed by atoms with Crippen molar-refractivity contribution < 1.29 is 14.3 Å². The molecule has 0 saturated heterocycles. The van der Waals surface area contributed by atoms with E-state index in [2.05, 4.69) is 20.3 Å². The van der Waals surface area contributed by atoms with Crippen LogP contribution in [0.1, 0.15) is 4.79 Å². The van der Waals surface area contributed by atoms with E-state index in [1.165, 1.54) is 22.7 Å². The van der Waals surface area contributed by atoms with Gasteiger partial charge in [-0.05, 0) is 12.1 Å². The van der Waals surface area contributed by atoms with Crippen molar-refractivity contribution in [2.75, 3.05) is 18.2 Å². The molecule has 1 aromatic carbocycles. The zero-order valence-corrected chi connectivity index (χ0v) is 12.3. The summed E-state index contributed by atoms with van der Waals surface area (Å²) in [6, 6.07) is 7.24. The lowest BCUT2D eigenvalue weighted by atomic mass is 10.2. The standard InChI is InChI=1S/C14H14N6O3/c1-23-14(22)17-11-7-16-20(18-11)8-12(21)19-6-5-9-3-2-4-10(15)13(9)19/h2-7H,8,15H2,1H3,(H,17,18,22). The van der Waals surface area contributed by atoms with E-state index in [9.17, 15) is 9.59 Å². The number of nitrogens with zero attached hydrogens (tertiary/aromatic N) is 4. The highest BCUT2D eigenvalue weighted by atomic mass is 16.5. The van der Waals surface area contributed by atoms with Crippen molar-refractivity contribution in [2.45, 2.75) is 6.54 Å². The first-order chi connectivity index (χ1) is 11.1. The second-order valence-corrected chi connectivity index (χ2v) is 4.74. The van der Waals surface area contributed by atoms with Crippen LogP contribution in [-0.2, 0) is 11.3 Å². The number of carbonyl (C=O) groups is 2. The molecular formula is C14H14N6O3. The number of ether oxygens (including phenoxy) is 1. The summed E-state index contributed by atoms with van der Waals surface area (Å²) in [4.78, 5) is 24.7. The molecule has 0 spiro atoms. The molecule has 0 aliphatic rings. The molecule has 3 N–H and O–H groups in total. The molecule has 9 nitrogen and oxygen atoms in total. The topological polar surface area (TPSA) is 117 Å². The van der Waals surface area contributed by atoms with Crippen molar-refractivity contribution >= 4 is 34.4 Å². The summed E-state index contributed by atoms with van der Waals surface area (Å²) in [5.41, 5.74) is 7.10. The first kappa shape index (κ1) is 14.6. The fourth-order valence-electron chi connectivity index (χ4n) is 2.21. The average Bonchev–Trinajstić information content (AvgIpc) is 3.14. The van der Waals surface area contributed by atoms with E-state index in [0.717, 1.165) is 5.39 Å². The van der Waals surface area contributed by atoms with E-state index in [-0.39, 0.29) is 18.3 Å². The number of anilines is 2. The molecule has 118 valence electrons. The van der Waals surface area contributed by atoms with Gasteiger partial charge >= 0.3 is 6.09 Å². The second-order valence-electron chi connectivity index (χ2n) is 4.74. The van der Waals surface area contributed by atoms with Gasteiger partial charge in [0.05, 0.1) is 24.5 Å². The lowest BCUT2D eigenvalue weighted by Crippen LogP contribution is -2.19. The zero-order chi connectivity index (χ0) is 16.4. The predicted molar refractivity (Wildman–Crippen MR) is 83.0 cm³/mol. The van der Waals surface area contributed by atoms with Crippen molar-refractivity contribution in [3.8, 4) is 0 Å². The van der Waals surface area contributed by atoms with E-state index in [4.69, 9.17) is 5.73 Å². The number of fused-ring (bicyclic) bond motifs is 1. The molecule has 0 bridgehead atoms. The molecule has 23 heavy (non-hydrogen) atoms. The summed E-state index contributed by atoms with van der Waals surface area (Å²) in [7, 11) is 1.24. The normalized spacial score (nSPS) is 10.7. The Morgan fingerprint density at radius 3 is 2.96 bits per heavy atom. The van der Waals surface area contributed by atoms with Gasteiger partial charge in [0.1, 0.15) is 6.54 Å². The lowest BCUT2D eigenvalue weighted by molar-refractivity contribution is 0.0886. The number of carbonyl (C=O) groups excluding carboxylic acids is 2. The van der Waals surface area contributed by atoms with Crippen LogP contribution in [0, 0.1) is 0 Å². The van der Waals surface area contributed by atoms with Crippen molar-refractivity contribution in [2.24, 2.45) is 0 Å². The maximum Gasteiger partial charge on any atom is 0.412 e. The zero-order valence-electron chi connectivity index (χ0n) is 12.3. The van der Waals surface area contributed by atoms with Gasteiger partial charge in [0, 0.05) is 11.6 Å². The summed E-state index contributed by atoms with van der Waals surface area (Å²) in [6.07, 6.45) is 2.32. The molecular weight excluding hydrogens is 300 g/mol. The molecule has 3 aromatic rings. The summed E-state index contributed by atoms with van der Waals surface area (Å²) < 4.78 is 5.91. The van der Waals surface area contributed by atoms with Gasteiger partial charge in [-0.15, -0.1) is 5.10 Å². The van der Waals surface area contributed by atoms with Gasteiger partial charge in [0.25, 0.3) is 5.91 Å². The number of hydrogen-bond acceptors (Lipinski definition) is 6. The quantitative estimate of drug-likeness (QED) is 0.704. The predicted octanol–water partition coefficient (Wildman–Crippen LogP) is 1.33. The summed E-state index contributed by atoms with van der Waals surface area (Å²) >= 11 is 0. The number of benzene rings is 1. The Morgan fingerprint density at radius 1 is 1.35 bits per heavy atom. The maximum atomic E-state index is 12.4. The van der Waals surface area contributed by atoms with Crippen LogP contribution in [-0.4, -0.2) is 38.7 Å². The van der Waals surface area contributed by atoms with Crippen LogP contribution in [0.25, 0.3) is 10.9 Å². The molecule has 2 heterocycles. The second kappa shape index (κ2) is 5.79. The van der Waals surface area contributed by atoms with Crippen LogP contribution in [0.4, 0.5) is 16.3 Å². The number of rotatable bonds is 3. The molecule has 0 unspecified atom stereocenters. The van der Waals surface area contributed by atoms with Gasteiger partial charge in [-0.3, -0.25) is 14.7 Å². The van der Waals surface area contributed by atoms with Crippen LogP contribution in [0.2, 0.25) is 0 Å². The van der Waals surface area contributed by atoms with Crippen LogP contribution in [0.15, 0.2) is 36.7 Å². The molecule has 2 aromatic heterocycles. The summed E-state index contributed by atoms with van der Waals surface area (Å²) in [6.45, 7) is -0.0963. The third-order valence-electron chi connectivity index (χ3n) is 3.24. The number of para-hydroxylation sites is 1. The van der Waals surface area contributed by atoms with Gasteiger partial charge in [0.15, 0.2) is 5.82 Å². The lowest BCUT2D eigenvalue weighted by Gasteiger charge is -2.05. The van der Waals surface area contributed by atoms with Crippen LogP contribution < -0.4 is 11.1 Å². The monoisotopic (exact) mass is 314 g/mol. The number of nitrogens with two attached hydrogens (primary N) is 1. The third kappa shape index (κ3) is 2.84. The fourth-order valence-corrected chi connectivity index (χ4v) is 2.21. The highest BCUT2D eigenvalue weighted by Gasteiger charge is 2.13. The minimum atomic E-state index is -0.660. The van der Waals surface area contributed by atoms with Gasteiger partial charge in [-0.25, -0.2) is 4.79 Å².